The molecular weight excluding hydrogens is 238 g/mol. The Morgan fingerprint density at radius 2 is 2.11 bits per heavy atom. The molecular formula is C16H23NO2. The predicted molar refractivity (Wildman–Crippen MR) is 77.0 cm³/mol. The number of hydrogen-bond acceptors (Lipinski definition) is 3. The Morgan fingerprint density at radius 3 is 2.74 bits per heavy atom. The summed E-state index contributed by atoms with van der Waals surface area (Å²) in [7, 11) is 0. The second kappa shape index (κ2) is 7.19. The second-order valence-electron chi connectivity index (χ2n) is 4.92. The van der Waals surface area contributed by atoms with E-state index in [2.05, 4.69) is 6.92 Å². The van der Waals surface area contributed by atoms with E-state index >= 15 is 0 Å². The van der Waals surface area contributed by atoms with Crippen molar-refractivity contribution in [1.29, 1.82) is 0 Å². The van der Waals surface area contributed by atoms with Crippen LogP contribution >= 0.6 is 0 Å². The summed E-state index contributed by atoms with van der Waals surface area (Å²) in [4.78, 5) is 0. The van der Waals surface area contributed by atoms with Gasteiger partial charge in [0.15, 0.2) is 0 Å². The molecule has 3 nitrogen and oxygen atoms in total. The summed E-state index contributed by atoms with van der Waals surface area (Å²) in [5.41, 5.74) is 8.54. The average molecular weight is 261 g/mol. The predicted octanol–water partition coefficient (Wildman–Crippen LogP) is 3.56. The van der Waals surface area contributed by atoms with E-state index in [4.69, 9.17) is 15.2 Å². The Bertz CT molecular complexity index is 411. The maximum absolute atomic E-state index is 6.25. The normalized spacial score (nSPS) is 16.4. The van der Waals surface area contributed by atoms with E-state index in [1.165, 1.54) is 5.57 Å². The number of ether oxygens (including phenoxy) is 2. The first-order chi connectivity index (χ1) is 9.31. The molecule has 0 amide bonds. The lowest BCUT2D eigenvalue weighted by atomic mass is 9.96. The van der Waals surface area contributed by atoms with Crippen molar-refractivity contribution in [1.82, 2.24) is 0 Å². The van der Waals surface area contributed by atoms with Crippen LogP contribution in [-0.2, 0) is 4.74 Å². The zero-order valence-corrected chi connectivity index (χ0v) is 11.6. The van der Waals surface area contributed by atoms with E-state index in [0.717, 1.165) is 50.2 Å². The number of hydrogen-bond donors (Lipinski definition) is 1. The molecule has 1 aliphatic heterocycles. The van der Waals surface area contributed by atoms with E-state index in [0.29, 0.717) is 0 Å². The van der Waals surface area contributed by atoms with Gasteiger partial charge < -0.3 is 15.2 Å². The third kappa shape index (κ3) is 4.00. The Morgan fingerprint density at radius 1 is 1.32 bits per heavy atom. The maximum atomic E-state index is 6.25. The molecule has 1 aliphatic rings. The van der Waals surface area contributed by atoms with E-state index in [9.17, 15) is 0 Å². The smallest absolute Gasteiger partial charge is 0.119 e. The van der Waals surface area contributed by atoms with E-state index in [1.54, 1.807) is 0 Å². The van der Waals surface area contributed by atoms with Gasteiger partial charge in [0, 0.05) is 0 Å². The highest BCUT2D eigenvalue weighted by atomic mass is 16.5. The molecule has 1 heterocycles. The van der Waals surface area contributed by atoms with Gasteiger partial charge in [-0.05, 0) is 42.5 Å². The first kappa shape index (κ1) is 13.9. The molecule has 1 aromatic carbocycles. The molecule has 2 N–H and O–H groups in total. The Labute approximate surface area is 115 Å². The molecule has 0 aromatic heterocycles. The van der Waals surface area contributed by atoms with Gasteiger partial charge in [-0.3, -0.25) is 0 Å². The van der Waals surface area contributed by atoms with Gasteiger partial charge in [-0.25, -0.2) is 0 Å². The molecule has 0 fully saturated rings. The Hall–Kier alpha value is -1.48. The van der Waals surface area contributed by atoms with E-state index in [-0.39, 0.29) is 6.04 Å². The lowest BCUT2D eigenvalue weighted by Gasteiger charge is -2.20. The molecule has 0 spiro atoms. The molecule has 1 unspecified atom stereocenters. The molecule has 2 rings (SSSR count). The molecule has 3 heteroatoms. The van der Waals surface area contributed by atoms with Gasteiger partial charge in [0.05, 0.1) is 25.5 Å². The van der Waals surface area contributed by atoms with Gasteiger partial charge in [-0.15, -0.1) is 0 Å². The average Bonchev–Trinajstić information content (AvgIpc) is 2.48. The van der Waals surface area contributed by atoms with Gasteiger partial charge in [-0.1, -0.05) is 25.5 Å². The summed E-state index contributed by atoms with van der Waals surface area (Å²) < 4.78 is 11.0. The summed E-state index contributed by atoms with van der Waals surface area (Å²) in [6.07, 6.45) is 6.14. The summed E-state index contributed by atoms with van der Waals surface area (Å²) in [6, 6.07) is 8.01. The third-order valence-electron chi connectivity index (χ3n) is 3.37. The summed E-state index contributed by atoms with van der Waals surface area (Å²) in [5.74, 6) is 0.915. The molecule has 0 saturated heterocycles. The van der Waals surface area contributed by atoms with E-state index < -0.39 is 0 Å². The first-order valence-electron chi connectivity index (χ1n) is 7.10. The quantitative estimate of drug-likeness (QED) is 0.796. The van der Waals surface area contributed by atoms with Crippen molar-refractivity contribution in [2.75, 3.05) is 13.2 Å². The van der Waals surface area contributed by atoms with Gasteiger partial charge in [0.2, 0.25) is 0 Å². The minimum Gasteiger partial charge on any atom is -0.501 e. The van der Waals surface area contributed by atoms with Crippen molar-refractivity contribution in [3.63, 3.8) is 0 Å². The van der Waals surface area contributed by atoms with Crippen molar-refractivity contribution in [2.24, 2.45) is 5.73 Å². The topological polar surface area (TPSA) is 44.5 Å². The largest absolute Gasteiger partial charge is 0.501 e. The molecule has 0 saturated carbocycles. The van der Waals surface area contributed by atoms with Crippen LogP contribution in [0.1, 0.15) is 44.2 Å². The van der Waals surface area contributed by atoms with Crippen molar-refractivity contribution >= 4 is 0 Å². The number of rotatable bonds is 6. The zero-order chi connectivity index (χ0) is 13.5. The third-order valence-corrected chi connectivity index (χ3v) is 3.37. The van der Waals surface area contributed by atoms with Gasteiger partial charge in [-0.2, -0.15) is 0 Å². The SMILES string of the molecule is CCCCOc1ccc(C(N)C2=COCCC2)cc1. The van der Waals surface area contributed by atoms with Crippen LogP contribution in [0.2, 0.25) is 0 Å². The van der Waals surface area contributed by atoms with Gasteiger partial charge >= 0.3 is 0 Å². The van der Waals surface area contributed by atoms with Crippen LogP contribution in [0.25, 0.3) is 0 Å². The van der Waals surface area contributed by atoms with Crippen LogP contribution in [0.3, 0.4) is 0 Å². The van der Waals surface area contributed by atoms with Crippen LogP contribution in [0.5, 0.6) is 5.75 Å². The number of benzene rings is 1. The highest BCUT2D eigenvalue weighted by molar-refractivity contribution is 5.33. The van der Waals surface area contributed by atoms with Crippen molar-refractivity contribution in [2.45, 2.75) is 38.6 Å². The summed E-state index contributed by atoms with van der Waals surface area (Å²) in [5, 5.41) is 0. The van der Waals surface area contributed by atoms with Crippen LogP contribution in [-0.4, -0.2) is 13.2 Å². The van der Waals surface area contributed by atoms with Crippen molar-refractivity contribution < 1.29 is 9.47 Å². The minimum atomic E-state index is -0.0648. The standard InChI is InChI=1S/C16H23NO2/c1-2-3-11-19-15-8-6-13(7-9-15)16(17)14-5-4-10-18-12-14/h6-9,12,16H,2-5,10-11,17H2,1H3. The lowest BCUT2D eigenvalue weighted by Crippen LogP contribution is -2.16. The van der Waals surface area contributed by atoms with Crippen LogP contribution in [0, 0.1) is 0 Å². The Balaban J connectivity index is 1.95. The second-order valence-corrected chi connectivity index (χ2v) is 4.92. The highest BCUT2D eigenvalue weighted by Gasteiger charge is 2.14. The fraction of sp³-hybridized carbons (Fsp3) is 0.500. The summed E-state index contributed by atoms with van der Waals surface area (Å²) in [6.45, 7) is 3.74. The zero-order valence-electron chi connectivity index (χ0n) is 11.6. The molecule has 0 aliphatic carbocycles. The lowest BCUT2D eigenvalue weighted by molar-refractivity contribution is 0.221. The van der Waals surface area contributed by atoms with E-state index in [1.807, 2.05) is 30.5 Å². The first-order valence-corrected chi connectivity index (χ1v) is 7.10. The molecule has 104 valence electrons. The number of unbranched alkanes of at least 4 members (excludes halogenated alkanes) is 1. The van der Waals surface area contributed by atoms with Gasteiger partial charge in [0.1, 0.15) is 5.75 Å². The van der Waals surface area contributed by atoms with Crippen molar-refractivity contribution in [3.05, 3.63) is 41.7 Å². The minimum absolute atomic E-state index is 0.0648. The van der Waals surface area contributed by atoms with Gasteiger partial charge in [0.25, 0.3) is 0 Å². The van der Waals surface area contributed by atoms with Crippen LogP contribution < -0.4 is 10.5 Å². The summed E-state index contributed by atoms with van der Waals surface area (Å²) >= 11 is 0. The Kier molecular flexibility index (Phi) is 5.28. The molecule has 1 aromatic rings. The fourth-order valence-corrected chi connectivity index (χ4v) is 2.13. The molecule has 0 bridgehead atoms. The highest BCUT2D eigenvalue weighted by Crippen LogP contribution is 2.26. The van der Waals surface area contributed by atoms with Crippen LogP contribution in [0.4, 0.5) is 0 Å². The fourth-order valence-electron chi connectivity index (χ4n) is 2.13. The van der Waals surface area contributed by atoms with Crippen molar-refractivity contribution in [3.8, 4) is 5.75 Å². The molecule has 1 atom stereocenters. The van der Waals surface area contributed by atoms with Crippen LogP contribution in [0.15, 0.2) is 36.1 Å². The maximum Gasteiger partial charge on any atom is 0.119 e. The molecule has 0 radical (unpaired) electrons. The monoisotopic (exact) mass is 261 g/mol. The molecule has 19 heavy (non-hydrogen) atoms. The number of nitrogens with two attached hydrogens (primary N) is 1.